The summed E-state index contributed by atoms with van der Waals surface area (Å²) >= 11 is 7.97. The fourth-order valence-electron chi connectivity index (χ4n) is 2.25. The molecule has 0 saturated carbocycles. The van der Waals surface area contributed by atoms with Crippen molar-refractivity contribution in [3.63, 3.8) is 0 Å². The van der Waals surface area contributed by atoms with Crippen LogP contribution in [0.15, 0.2) is 54.1 Å². The van der Waals surface area contributed by atoms with E-state index in [9.17, 15) is 14.4 Å². The van der Waals surface area contributed by atoms with Gasteiger partial charge in [-0.05, 0) is 70.6 Å². The molecular formula is C17H10ClIN2O3. The summed E-state index contributed by atoms with van der Waals surface area (Å²) in [6.07, 6.45) is 1.47. The van der Waals surface area contributed by atoms with Gasteiger partial charge < -0.3 is 0 Å². The molecule has 1 aliphatic rings. The van der Waals surface area contributed by atoms with Gasteiger partial charge in [-0.2, -0.15) is 0 Å². The zero-order chi connectivity index (χ0) is 17.3. The van der Waals surface area contributed by atoms with Gasteiger partial charge in [0.1, 0.15) is 5.57 Å². The minimum absolute atomic E-state index is 0.105. The smallest absolute Gasteiger partial charge is 0.273 e. The number of carbonyl (C=O) groups is 3. The van der Waals surface area contributed by atoms with E-state index >= 15 is 0 Å². The monoisotopic (exact) mass is 452 g/mol. The van der Waals surface area contributed by atoms with Crippen LogP contribution in [0.1, 0.15) is 5.56 Å². The van der Waals surface area contributed by atoms with Crippen molar-refractivity contribution in [2.24, 2.45) is 0 Å². The van der Waals surface area contributed by atoms with Gasteiger partial charge in [0.2, 0.25) is 0 Å². The van der Waals surface area contributed by atoms with Crippen LogP contribution < -0.4 is 10.2 Å². The molecule has 5 nitrogen and oxygen atoms in total. The van der Waals surface area contributed by atoms with Crippen molar-refractivity contribution in [1.29, 1.82) is 0 Å². The fraction of sp³-hybridized carbons (Fsp3) is 0. The minimum atomic E-state index is -0.785. The predicted molar refractivity (Wildman–Crippen MR) is 99.6 cm³/mol. The number of urea groups is 1. The number of rotatable bonds is 2. The van der Waals surface area contributed by atoms with Gasteiger partial charge in [0.25, 0.3) is 11.8 Å². The first-order valence-electron chi connectivity index (χ1n) is 6.88. The first-order valence-corrected chi connectivity index (χ1v) is 8.34. The molecule has 24 heavy (non-hydrogen) atoms. The zero-order valence-electron chi connectivity index (χ0n) is 12.1. The molecule has 1 saturated heterocycles. The third kappa shape index (κ3) is 3.34. The van der Waals surface area contributed by atoms with Gasteiger partial charge in [0.05, 0.1) is 5.69 Å². The van der Waals surface area contributed by atoms with Gasteiger partial charge in [0, 0.05) is 8.59 Å². The Bertz CT molecular complexity index is 878. The number of nitrogens with one attached hydrogen (secondary N) is 1. The largest absolute Gasteiger partial charge is 0.335 e. The fourth-order valence-corrected chi connectivity index (χ4v) is 2.94. The molecule has 1 N–H and O–H groups in total. The van der Waals surface area contributed by atoms with Crippen LogP contribution in [-0.4, -0.2) is 17.8 Å². The highest BCUT2D eigenvalue weighted by molar-refractivity contribution is 14.1. The molecule has 0 atom stereocenters. The number of hydrogen-bond acceptors (Lipinski definition) is 3. The maximum atomic E-state index is 12.7. The van der Waals surface area contributed by atoms with E-state index in [0.717, 1.165) is 8.47 Å². The van der Waals surface area contributed by atoms with E-state index in [1.54, 1.807) is 30.3 Å². The van der Waals surface area contributed by atoms with Gasteiger partial charge in [-0.15, -0.1) is 0 Å². The molecule has 1 aliphatic heterocycles. The number of imide groups is 2. The summed E-state index contributed by atoms with van der Waals surface area (Å²) in [5, 5.41) is 2.66. The van der Waals surface area contributed by atoms with Crippen LogP contribution in [0, 0.1) is 3.57 Å². The standard InChI is InChI=1S/C17H10ClIN2O3/c18-11-4-6-13(7-5-11)21-16(23)14(15(22)20-17(21)24)9-10-2-1-3-12(19)8-10/h1-9H,(H,20,22,24). The third-order valence-corrected chi connectivity index (χ3v) is 4.27. The molecule has 3 rings (SSSR count). The second kappa shape index (κ2) is 6.74. The number of anilines is 1. The Morgan fingerprint density at radius 2 is 1.75 bits per heavy atom. The highest BCUT2D eigenvalue weighted by atomic mass is 127. The van der Waals surface area contributed by atoms with Crippen molar-refractivity contribution >= 4 is 63.8 Å². The lowest BCUT2D eigenvalue weighted by Gasteiger charge is -2.26. The second-order valence-corrected chi connectivity index (χ2v) is 6.67. The molecule has 7 heteroatoms. The number of amides is 4. The number of carbonyl (C=O) groups excluding carboxylic acids is 3. The van der Waals surface area contributed by atoms with Crippen molar-refractivity contribution in [2.75, 3.05) is 4.90 Å². The van der Waals surface area contributed by atoms with E-state index in [1.165, 1.54) is 6.08 Å². The molecule has 0 aliphatic carbocycles. The van der Waals surface area contributed by atoms with Crippen LogP contribution in [0.25, 0.3) is 6.08 Å². The Morgan fingerprint density at radius 3 is 2.42 bits per heavy atom. The first-order chi connectivity index (χ1) is 11.5. The number of nitrogens with zero attached hydrogens (tertiary/aromatic N) is 1. The molecule has 0 aromatic heterocycles. The van der Waals surface area contributed by atoms with Crippen LogP contribution in [0.2, 0.25) is 5.02 Å². The van der Waals surface area contributed by atoms with Crippen LogP contribution in [0.4, 0.5) is 10.5 Å². The van der Waals surface area contributed by atoms with E-state index in [1.807, 2.05) is 18.2 Å². The molecule has 2 aromatic carbocycles. The molecule has 0 spiro atoms. The van der Waals surface area contributed by atoms with Gasteiger partial charge in [-0.3, -0.25) is 14.9 Å². The lowest BCUT2D eigenvalue weighted by molar-refractivity contribution is -0.122. The van der Waals surface area contributed by atoms with Crippen LogP contribution in [0.3, 0.4) is 0 Å². The normalized spacial score (nSPS) is 16.5. The van der Waals surface area contributed by atoms with E-state index in [0.29, 0.717) is 16.3 Å². The van der Waals surface area contributed by atoms with Crippen molar-refractivity contribution in [3.8, 4) is 0 Å². The summed E-state index contributed by atoms with van der Waals surface area (Å²) in [4.78, 5) is 37.7. The predicted octanol–water partition coefficient (Wildman–Crippen LogP) is 3.61. The maximum absolute atomic E-state index is 12.7. The Labute approximate surface area is 156 Å². The summed E-state index contributed by atoms with van der Waals surface area (Å²) in [5.41, 5.74) is 0.931. The number of barbiturate groups is 1. The highest BCUT2D eigenvalue weighted by Gasteiger charge is 2.36. The van der Waals surface area contributed by atoms with Gasteiger partial charge in [0.15, 0.2) is 0 Å². The zero-order valence-corrected chi connectivity index (χ0v) is 15.0. The molecule has 0 radical (unpaired) electrons. The van der Waals surface area contributed by atoms with E-state index in [4.69, 9.17) is 11.6 Å². The molecular weight excluding hydrogens is 443 g/mol. The summed E-state index contributed by atoms with van der Waals surface area (Å²) in [5.74, 6) is -1.39. The Hall–Kier alpha value is -2.19. The topological polar surface area (TPSA) is 66.5 Å². The molecule has 1 heterocycles. The van der Waals surface area contributed by atoms with Crippen LogP contribution in [-0.2, 0) is 9.59 Å². The van der Waals surface area contributed by atoms with E-state index < -0.39 is 17.8 Å². The lowest BCUT2D eigenvalue weighted by Crippen LogP contribution is -2.54. The summed E-state index contributed by atoms with van der Waals surface area (Å²) in [6.45, 7) is 0. The van der Waals surface area contributed by atoms with Crippen molar-refractivity contribution in [1.82, 2.24) is 5.32 Å². The van der Waals surface area contributed by atoms with Gasteiger partial charge in [-0.25, -0.2) is 9.69 Å². The molecule has 0 bridgehead atoms. The molecule has 1 fully saturated rings. The number of halogens is 2. The maximum Gasteiger partial charge on any atom is 0.335 e. The SMILES string of the molecule is O=C1NC(=O)N(c2ccc(Cl)cc2)C(=O)C1=Cc1cccc(I)c1. The van der Waals surface area contributed by atoms with E-state index in [2.05, 4.69) is 27.9 Å². The molecule has 4 amide bonds. The molecule has 120 valence electrons. The molecule has 0 unspecified atom stereocenters. The highest BCUT2D eigenvalue weighted by Crippen LogP contribution is 2.23. The second-order valence-electron chi connectivity index (χ2n) is 4.99. The molecule has 2 aromatic rings. The Morgan fingerprint density at radius 1 is 1.04 bits per heavy atom. The lowest BCUT2D eigenvalue weighted by atomic mass is 10.1. The van der Waals surface area contributed by atoms with Crippen molar-refractivity contribution < 1.29 is 14.4 Å². The summed E-state index contributed by atoms with van der Waals surface area (Å²) in [7, 11) is 0. The quantitative estimate of drug-likeness (QED) is 0.430. The van der Waals surface area contributed by atoms with Gasteiger partial charge >= 0.3 is 6.03 Å². The van der Waals surface area contributed by atoms with Crippen LogP contribution in [0.5, 0.6) is 0 Å². The average Bonchev–Trinajstić information content (AvgIpc) is 2.53. The van der Waals surface area contributed by atoms with Crippen molar-refractivity contribution in [2.45, 2.75) is 0 Å². The van der Waals surface area contributed by atoms with E-state index in [-0.39, 0.29) is 5.57 Å². The first kappa shape index (κ1) is 16.7. The van der Waals surface area contributed by atoms with Crippen LogP contribution >= 0.6 is 34.2 Å². The summed E-state index contributed by atoms with van der Waals surface area (Å²) in [6, 6.07) is 12.8. The average molecular weight is 453 g/mol. The minimum Gasteiger partial charge on any atom is -0.273 e. The number of benzene rings is 2. The van der Waals surface area contributed by atoms with Gasteiger partial charge in [-0.1, -0.05) is 23.7 Å². The van der Waals surface area contributed by atoms with Crippen molar-refractivity contribution in [3.05, 3.63) is 68.3 Å². The number of hydrogen-bond donors (Lipinski definition) is 1. The Kier molecular flexibility index (Phi) is 4.68. The third-order valence-electron chi connectivity index (χ3n) is 3.35. The Balaban J connectivity index is 2.01. The summed E-state index contributed by atoms with van der Waals surface area (Å²) < 4.78 is 0.969.